The van der Waals surface area contributed by atoms with Crippen LogP contribution in [-0.2, 0) is 27.7 Å². The summed E-state index contributed by atoms with van der Waals surface area (Å²) in [5.74, 6) is -1.29. The number of rotatable bonds is 7. The minimum atomic E-state index is -3.14. The van der Waals surface area contributed by atoms with Crippen LogP contribution >= 0.6 is 0 Å². The molecule has 1 rings (SSSR count). The van der Waals surface area contributed by atoms with Gasteiger partial charge in [0, 0.05) is 12.9 Å². The normalized spacial score (nSPS) is 11.7. The molecule has 0 saturated carbocycles. The van der Waals surface area contributed by atoms with E-state index in [2.05, 4.69) is 10.3 Å². The summed E-state index contributed by atoms with van der Waals surface area (Å²) in [6.07, 6.45) is 0. The summed E-state index contributed by atoms with van der Waals surface area (Å²) in [4.78, 5) is 10.9. The molecule has 0 saturated heterocycles. The molecule has 0 amide bonds. The molecule has 0 radical (unpaired) electrons. The van der Waals surface area contributed by atoms with E-state index >= 15 is 0 Å². The van der Waals surface area contributed by atoms with Crippen molar-refractivity contribution in [1.29, 1.82) is 0 Å². The predicted molar refractivity (Wildman–Crippen MR) is 62.0 cm³/mol. The second-order valence-electron chi connectivity index (χ2n) is 3.58. The van der Waals surface area contributed by atoms with Gasteiger partial charge >= 0.3 is 5.97 Å². The SMILES string of the molecule is CCS(=O)(=O)CCn1nnc(C(=O)O)c1COC. The van der Waals surface area contributed by atoms with Gasteiger partial charge in [0.25, 0.3) is 0 Å². The topological polar surface area (TPSA) is 111 Å². The molecular formula is C9H15N3O5S. The van der Waals surface area contributed by atoms with Crippen molar-refractivity contribution in [3.8, 4) is 0 Å². The predicted octanol–water partition coefficient (Wildman–Crippen LogP) is -0.443. The van der Waals surface area contributed by atoms with Crippen LogP contribution in [0.4, 0.5) is 0 Å². The number of aromatic nitrogens is 3. The van der Waals surface area contributed by atoms with E-state index in [0.717, 1.165) is 0 Å². The maximum atomic E-state index is 11.4. The number of aromatic carboxylic acids is 1. The molecule has 1 aromatic rings. The molecule has 1 aromatic heterocycles. The number of nitrogens with zero attached hydrogens (tertiary/aromatic N) is 3. The first-order chi connectivity index (χ1) is 8.41. The molecule has 8 nitrogen and oxygen atoms in total. The maximum Gasteiger partial charge on any atom is 0.358 e. The third kappa shape index (κ3) is 3.50. The highest BCUT2D eigenvalue weighted by Crippen LogP contribution is 2.07. The number of carboxylic acid groups (broad SMARTS) is 1. The van der Waals surface area contributed by atoms with Gasteiger partial charge < -0.3 is 9.84 Å². The number of sulfone groups is 1. The molecule has 18 heavy (non-hydrogen) atoms. The van der Waals surface area contributed by atoms with Crippen LogP contribution < -0.4 is 0 Å². The average Bonchev–Trinajstić information content (AvgIpc) is 2.70. The van der Waals surface area contributed by atoms with Crippen LogP contribution in [0.25, 0.3) is 0 Å². The third-order valence-electron chi connectivity index (χ3n) is 2.38. The molecule has 0 aliphatic carbocycles. The molecule has 0 aliphatic heterocycles. The average molecular weight is 277 g/mol. The Hall–Kier alpha value is -1.48. The summed E-state index contributed by atoms with van der Waals surface area (Å²) in [6.45, 7) is 1.63. The lowest BCUT2D eigenvalue weighted by Crippen LogP contribution is -2.18. The summed E-state index contributed by atoms with van der Waals surface area (Å²) in [5.41, 5.74) is 0.0436. The molecule has 0 atom stereocenters. The number of hydrogen-bond donors (Lipinski definition) is 1. The molecule has 0 bridgehead atoms. The fourth-order valence-corrected chi connectivity index (χ4v) is 2.07. The smallest absolute Gasteiger partial charge is 0.358 e. The summed E-state index contributed by atoms with van der Waals surface area (Å²) in [5, 5.41) is 16.0. The van der Waals surface area contributed by atoms with Crippen LogP contribution in [0.3, 0.4) is 0 Å². The zero-order chi connectivity index (χ0) is 13.8. The van der Waals surface area contributed by atoms with Crippen molar-refractivity contribution in [2.24, 2.45) is 0 Å². The quantitative estimate of drug-likeness (QED) is 0.718. The van der Waals surface area contributed by atoms with Gasteiger partial charge in [-0.05, 0) is 0 Å². The van der Waals surface area contributed by atoms with Crippen LogP contribution in [0.2, 0.25) is 0 Å². The highest BCUT2D eigenvalue weighted by molar-refractivity contribution is 7.91. The Balaban J connectivity index is 2.92. The summed E-state index contributed by atoms with van der Waals surface area (Å²) in [6, 6.07) is 0. The van der Waals surface area contributed by atoms with Crippen LogP contribution in [0.1, 0.15) is 23.1 Å². The molecule has 9 heteroatoms. The van der Waals surface area contributed by atoms with Crippen molar-refractivity contribution in [2.45, 2.75) is 20.1 Å². The van der Waals surface area contributed by atoms with Crippen LogP contribution in [0, 0.1) is 0 Å². The van der Waals surface area contributed by atoms with Gasteiger partial charge in [0.2, 0.25) is 0 Å². The fourth-order valence-electron chi connectivity index (χ4n) is 1.33. The molecule has 102 valence electrons. The van der Waals surface area contributed by atoms with E-state index in [1.807, 2.05) is 0 Å². The monoisotopic (exact) mass is 277 g/mol. The minimum Gasteiger partial charge on any atom is -0.476 e. The van der Waals surface area contributed by atoms with Gasteiger partial charge in [-0.25, -0.2) is 17.9 Å². The van der Waals surface area contributed by atoms with Crippen LogP contribution in [-0.4, -0.2) is 53.1 Å². The van der Waals surface area contributed by atoms with Crippen molar-refractivity contribution in [1.82, 2.24) is 15.0 Å². The number of hydrogen-bond acceptors (Lipinski definition) is 6. The first-order valence-corrected chi connectivity index (χ1v) is 7.08. The maximum absolute atomic E-state index is 11.4. The van der Waals surface area contributed by atoms with Gasteiger partial charge in [-0.15, -0.1) is 5.10 Å². The van der Waals surface area contributed by atoms with Crippen molar-refractivity contribution in [3.05, 3.63) is 11.4 Å². The van der Waals surface area contributed by atoms with E-state index in [1.165, 1.54) is 11.8 Å². The van der Waals surface area contributed by atoms with Gasteiger partial charge in [-0.3, -0.25) is 0 Å². The molecular weight excluding hydrogens is 262 g/mol. The minimum absolute atomic E-state index is 0.0147. The van der Waals surface area contributed by atoms with E-state index in [4.69, 9.17) is 9.84 Å². The summed E-state index contributed by atoms with van der Waals surface area (Å²) < 4.78 is 28.9. The van der Waals surface area contributed by atoms with Crippen molar-refractivity contribution in [2.75, 3.05) is 18.6 Å². The number of methoxy groups -OCH3 is 1. The second kappa shape index (κ2) is 5.91. The van der Waals surface area contributed by atoms with Gasteiger partial charge in [0.05, 0.1) is 24.6 Å². The molecule has 1 heterocycles. The molecule has 0 unspecified atom stereocenters. The molecule has 0 spiro atoms. The van der Waals surface area contributed by atoms with Crippen molar-refractivity contribution >= 4 is 15.8 Å². The Morgan fingerprint density at radius 3 is 2.67 bits per heavy atom. The Kier molecular flexibility index (Phi) is 4.79. The van der Waals surface area contributed by atoms with Crippen LogP contribution in [0.15, 0.2) is 0 Å². The van der Waals surface area contributed by atoms with Gasteiger partial charge in [-0.1, -0.05) is 12.1 Å². The molecule has 0 fully saturated rings. The highest BCUT2D eigenvalue weighted by Gasteiger charge is 2.19. The van der Waals surface area contributed by atoms with E-state index in [1.54, 1.807) is 6.92 Å². The zero-order valence-electron chi connectivity index (χ0n) is 10.2. The number of carboxylic acids is 1. The summed E-state index contributed by atoms with van der Waals surface area (Å²) in [7, 11) is -1.73. The van der Waals surface area contributed by atoms with Crippen molar-refractivity contribution in [3.63, 3.8) is 0 Å². The number of ether oxygens (including phenoxy) is 1. The largest absolute Gasteiger partial charge is 0.476 e. The molecule has 0 aliphatic rings. The van der Waals surface area contributed by atoms with E-state index < -0.39 is 15.8 Å². The van der Waals surface area contributed by atoms with Gasteiger partial charge in [-0.2, -0.15) is 0 Å². The fraction of sp³-hybridized carbons (Fsp3) is 0.667. The zero-order valence-corrected chi connectivity index (χ0v) is 11.0. The highest BCUT2D eigenvalue weighted by atomic mass is 32.2. The van der Waals surface area contributed by atoms with Crippen molar-refractivity contribution < 1.29 is 23.1 Å². The second-order valence-corrected chi connectivity index (χ2v) is 6.06. The van der Waals surface area contributed by atoms with Gasteiger partial charge in [0.15, 0.2) is 15.5 Å². The Morgan fingerprint density at radius 2 is 2.17 bits per heavy atom. The van der Waals surface area contributed by atoms with Gasteiger partial charge in [0.1, 0.15) is 0 Å². The number of carbonyl (C=O) groups is 1. The summed E-state index contributed by atoms with van der Waals surface area (Å²) >= 11 is 0. The lowest BCUT2D eigenvalue weighted by Gasteiger charge is -2.06. The standard InChI is InChI=1S/C9H15N3O5S/c1-3-18(15,16)5-4-12-7(6-17-2)8(9(13)14)10-11-12/h3-6H2,1-2H3,(H,13,14). The third-order valence-corrected chi connectivity index (χ3v) is 4.06. The number of aryl methyl sites for hydroxylation is 1. The molecule has 0 aromatic carbocycles. The first-order valence-electron chi connectivity index (χ1n) is 5.26. The molecule has 1 N–H and O–H groups in total. The van der Waals surface area contributed by atoms with E-state index in [0.29, 0.717) is 0 Å². The van der Waals surface area contributed by atoms with Crippen LogP contribution in [0.5, 0.6) is 0 Å². The first kappa shape index (κ1) is 14.6. The lowest BCUT2D eigenvalue weighted by molar-refractivity contribution is 0.0684. The van der Waals surface area contributed by atoms with E-state index in [-0.39, 0.29) is 36.0 Å². The lowest BCUT2D eigenvalue weighted by atomic mass is 10.3. The Bertz CT molecular complexity index is 522. The Morgan fingerprint density at radius 1 is 1.50 bits per heavy atom. The Labute approximate surface area is 104 Å². The van der Waals surface area contributed by atoms with E-state index in [9.17, 15) is 13.2 Å².